The average molecular weight is 700 g/mol. The van der Waals surface area contributed by atoms with Gasteiger partial charge in [-0.05, 0) is 65.2 Å². The molecule has 1 N–H and O–H groups in total. The molecule has 244 valence electrons. The molecule has 1 aliphatic rings. The van der Waals surface area contributed by atoms with E-state index in [1.807, 2.05) is 22.7 Å². The zero-order valence-electron chi connectivity index (χ0n) is 27.9. The standard InChI is InChI=1S/C47H29N3S2/c1-3-12-28(13-4-1)37-27-38(31-18-11-21-41-43(31)32-16-7-9-19-39(32)51-41)50-47(49-37)30-22-24-36-35(26-30)44-34(46(48-36)29-14-5-2-6-15-29)23-25-42-45(44)33-17-8-10-20-40(33)52-42/h1-27,46,48H. The number of nitrogens with one attached hydrogen (secondary N) is 1. The zero-order chi connectivity index (χ0) is 34.2. The molecule has 1 atom stereocenters. The van der Waals surface area contributed by atoms with Crippen molar-refractivity contribution in [3.63, 3.8) is 0 Å². The number of benzene rings is 7. The fraction of sp³-hybridized carbons (Fsp3) is 0.0213. The summed E-state index contributed by atoms with van der Waals surface area (Å²) in [5.74, 6) is 0.713. The molecule has 4 heterocycles. The molecular formula is C47H29N3S2. The average Bonchev–Trinajstić information content (AvgIpc) is 3.79. The van der Waals surface area contributed by atoms with Gasteiger partial charge in [-0.2, -0.15) is 0 Å². The molecule has 1 aliphatic heterocycles. The Bertz CT molecular complexity index is 3000. The molecule has 1 unspecified atom stereocenters. The van der Waals surface area contributed by atoms with Crippen molar-refractivity contribution in [2.45, 2.75) is 6.04 Å². The lowest BCUT2D eigenvalue weighted by Crippen LogP contribution is -2.18. The maximum atomic E-state index is 5.38. The van der Waals surface area contributed by atoms with Gasteiger partial charge in [0.1, 0.15) is 0 Å². The van der Waals surface area contributed by atoms with E-state index in [0.29, 0.717) is 5.82 Å². The maximum Gasteiger partial charge on any atom is 0.160 e. The minimum atomic E-state index is 0.0304. The van der Waals surface area contributed by atoms with E-state index >= 15 is 0 Å². The molecule has 0 radical (unpaired) electrons. The maximum absolute atomic E-state index is 5.38. The topological polar surface area (TPSA) is 37.8 Å². The Morgan fingerprint density at radius 1 is 0.462 bits per heavy atom. The first-order chi connectivity index (χ1) is 25.8. The molecule has 10 aromatic rings. The fourth-order valence-electron chi connectivity index (χ4n) is 7.98. The summed E-state index contributed by atoms with van der Waals surface area (Å²) in [5.41, 5.74) is 11.1. The number of fused-ring (bicyclic) bond motifs is 10. The van der Waals surface area contributed by atoms with Crippen LogP contribution in [0.5, 0.6) is 0 Å². The molecule has 0 amide bonds. The normalized spacial score (nSPS) is 13.7. The number of rotatable bonds is 4. The van der Waals surface area contributed by atoms with Crippen molar-refractivity contribution < 1.29 is 0 Å². The van der Waals surface area contributed by atoms with E-state index < -0.39 is 0 Å². The van der Waals surface area contributed by atoms with Crippen molar-refractivity contribution in [2.75, 3.05) is 5.32 Å². The SMILES string of the molecule is c1ccc(-c2cc(-c3cccc4sc5ccccc5c34)nc(-c3ccc4c(c3)-c3c(ccc5sc6ccccc6c35)C(c3ccccc3)N4)n2)cc1. The minimum absolute atomic E-state index is 0.0304. The minimum Gasteiger partial charge on any atom is -0.374 e. The van der Waals surface area contributed by atoms with Crippen molar-refractivity contribution in [1.82, 2.24) is 9.97 Å². The van der Waals surface area contributed by atoms with E-state index in [-0.39, 0.29) is 6.04 Å². The molecule has 5 heteroatoms. The molecule has 11 rings (SSSR count). The van der Waals surface area contributed by atoms with Crippen LogP contribution in [0, 0.1) is 0 Å². The van der Waals surface area contributed by atoms with Crippen molar-refractivity contribution in [3.05, 3.63) is 175 Å². The fourth-order valence-corrected chi connectivity index (χ4v) is 10.2. The van der Waals surface area contributed by atoms with Crippen LogP contribution in [0.25, 0.3) is 85.4 Å². The second-order valence-electron chi connectivity index (χ2n) is 13.4. The zero-order valence-corrected chi connectivity index (χ0v) is 29.5. The number of nitrogens with zero attached hydrogens (tertiary/aromatic N) is 2. The van der Waals surface area contributed by atoms with Crippen molar-refractivity contribution in [3.8, 4) is 45.0 Å². The van der Waals surface area contributed by atoms with Crippen LogP contribution >= 0.6 is 22.7 Å². The molecule has 3 aromatic heterocycles. The third-order valence-electron chi connectivity index (χ3n) is 10.3. The molecule has 0 fully saturated rings. The Labute approximate surface area is 308 Å². The van der Waals surface area contributed by atoms with Gasteiger partial charge in [0.2, 0.25) is 0 Å². The van der Waals surface area contributed by atoms with Crippen LogP contribution in [0.2, 0.25) is 0 Å². The Kier molecular flexibility index (Phi) is 6.66. The predicted octanol–water partition coefficient (Wildman–Crippen LogP) is 13.4. The lowest BCUT2D eigenvalue weighted by Gasteiger charge is -2.31. The summed E-state index contributed by atoms with van der Waals surface area (Å²) in [6, 6.07) is 58.8. The Balaban J connectivity index is 1.16. The van der Waals surface area contributed by atoms with E-state index in [1.54, 1.807) is 0 Å². The van der Waals surface area contributed by atoms with Gasteiger partial charge in [0, 0.05) is 68.3 Å². The highest BCUT2D eigenvalue weighted by Crippen LogP contribution is 2.51. The highest BCUT2D eigenvalue weighted by molar-refractivity contribution is 7.26. The number of hydrogen-bond acceptors (Lipinski definition) is 5. The van der Waals surface area contributed by atoms with Gasteiger partial charge in [-0.3, -0.25) is 0 Å². The number of aromatic nitrogens is 2. The Hall–Kier alpha value is -6.14. The Morgan fingerprint density at radius 3 is 1.90 bits per heavy atom. The monoisotopic (exact) mass is 699 g/mol. The third-order valence-corrected chi connectivity index (χ3v) is 12.6. The molecule has 0 aliphatic carbocycles. The van der Waals surface area contributed by atoms with E-state index in [2.05, 4.69) is 169 Å². The number of anilines is 1. The van der Waals surface area contributed by atoms with Gasteiger partial charge >= 0.3 is 0 Å². The molecular weight excluding hydrogens is 671 g/mol. The lowest BCUT2D eigenvalue weighted by atomic mass is 9.83. The van der Waals surface area contributed by atoms with Crippen LogP contribution in [-0.4, -0.2) is 9.97 Å². The van der Waals surface area contributed by atoms with Crippen molar-refractivity contribution in [2.24, 2.45) is 0 Å². The van der Waals surface area contributed by atoms with Gasteiger partial charge in [0.15, 0.2) is 5.82 Å². The van der Waals surface area contributed by atoms with Gasteiger partial charge < -0.3 is 5.32 Å². The first-order valence-corrected chi connectivity index (χ1v) is 19.2. The second kappa shape index (κ2) is 11.7. The van der Waals surface area contributed by atoms with Crippen LogP contribution in [0.4, 0.5) is 5.69 Å². The predicted molar refractivity (Wildman–Crippen MR) is 221 cm³/mol. The Morgan fingerprint density at radius 2 is 1.12 bits per heavy atom. The largest absolute Gasteiger partial charge is 0.374 e. The summed E-state index contributed by atoms with van der Waals surface area (Å²) in [7, 11) is 0. The van der Waals surface area contributed by atoms with E-state index in [0.717, 1.165) is 33.8 Å². The summed E-state index contributed by atoms with van der Waals surface area (Å²) in [6.45, 7) is 0. The summed E-state index contributed by atoms with van der Waals surface area (Å²) in [6.07, 6.45) is 0. The molecule has 7 aromatic carbocycles. The van der Waals surface area contributed by atoms with E-state index in [1.165, 1.54) is 62.6 Å². The first-order valence-electron chi connectivity index (χ1n) is 17.5. The van der Waals surface area contributed by atoms with Crippen molar-refractivity contribution >= 4 is 68.7 Å². The molecule has 3 nitrogen and oxygen atoms in total. The number of hydrogen-bond donors (Lipinski definition) is 1. The van der Waals surface area contributed by atoms with Crippen molar-refractivity contribution in [1.29, 1.82) is 0 Å². The van der Waals surface area contributed by atoms with Gasteiger partial charge in [-0.25, -0.2) is 9.97 Å². The van der Waals surface area contributed by atoms with Crippen LogP contribution in [0.1, 0.15) is 17.2 Å². The van der Waals surface area contributed by atoms with Gasteiger partial charge in [0.25, 0.3) is 0 Å². The summed E-state index contributed by atoms with van der Waals surface area (Å²) in [5, 5.41) is 9.04. The molecule has 0 saturated heterocycles. The van der Waals surface area contributed by atoms with Crippen LogP contribution in [0.15, 0.2) is 164 Å². The summed E-state index contributed by atoms with van der Waals surface area (Å²) in [4.78, 5) is 10.7. The van der Waals surface area contributed by atoms with E-state index in [9.17, 15) is 0 Å². The molecule has 0 saturated carbocycles. The number of thiophene rings is 2. The molecule has 0 bridgehead atoms. The smallest absolute Gasteiger partial charge is 0.160 e. The van der Waals surface area contributed by atoms with Gasteiger partial charge in [-0.1, -0.05) is 115 Å². The van der Waals surface area contributed by atoms with Crippen LogP contribution in [0.3, 0.4) is 0 Å². The quantitative estimate of drug-likeness (QED) is 0.199. The van der Waals surface area contributed by atoms with E-state index in [4.69, 9.17) is 9.97 Å². The lowest BCUT2D eigenvalue weighted by molar-refractivity contribution is 0.933. The third kappa shape index (κ3) is 4.63. The van der Waals surface area contributed by atoms with Crippen LogP contribution in [-0.2, 0) is 0 Å². The summed E-state index contributed by atoms with van der Waals surface area (Å²) < 4.78 is 5.14. The van der Waals surface area contributed by atoms with Gasteiger partial charge in [0.05, 0.1) is 17.4 Å². The van der Waals surface area contributed by atoms with Crippen LogP contribution < -0.4 is 5.32 Å². The van der Waals surface area contributed by atoms with Gasteiger partial charge in [-0.15, -0.1) is 22.7 Å². The second-order valence-corrected chi connectivity index (χ2v) is 15.5. The molecule has 52 heavy (non-hydrogen) atoms. The molecule has 0 spiro atoms. The highest BCUT2D eigenvalue weighted by atomic mass is 32.1. The highest BCUT2D eigenvalue weighted by Gasteiger charge is 2.29. The summed E-state index contributed by atoms with van der Waals surface area (Å²) >= 11 is 3.70. The first kappa shape index (κ1) is 29.6.